The maximum Gasteiger partial charge on any atom is 0.270 e. The third kappa shape index (κ3) is 2.22. The third-order valence-electron chi connectivity index (χ3n) is 4.79. The molecule has 2 aromatic rings. The number of nitrogens with zero attached hydrogens (tertiary/aromatic N) is 1. The molecule has 2 bridgehead atoms. The monoisotopic (exact) mass is 297 g/mol. The average molecular weight is 297 g/mol. The summed E-state index contributed by atoms with van der Waals surface area (Å²) >= 11 is 0. The van der Waals surface area contributed by atoms with Crippen molar-refractivity contribution in [3.63, 3.8) is 0 Å². The number of rotatable bonds is 3. The van der Waals surface area contributed by atoms with Crippen molar-refractivity contribution in [1.29, 1.82) is 0 Å². The molecule has 2 aliphatic rings. The number of ether oxygens (including phenoxy) is 1. The van der Waals surface area contributed by atoms with Crippen LogP contribution in [-0.2, 0) is 0 Å². The van der Waals surface area contributed by atoms with Gasteiger partial charge in [-0.2, -0.15) is 0 Å². The molecule has 2 N–H and O–H groups in total. The summed E-state index contributed by atoms with van der Waals surface area (Å²) < 4.78 is 5.37. The first-order chi connectivity index (χ1) is 10.7. The molecule has 5 heteroatoms. The predicted octanol–water partition coefficient (Wildman–Crippen LogP) is 1.87. The van der Waals surface area contributed by atoms with Crippen LogP contribution in [0, 0.1) is 0 Å². The number of pyridine rings is 1. The zero-order valence-electron chi connectivity index (χ0n) is 12.5. The van der Waals surface area contributed by atoms with E-state index >= 15 is 0 Å². The topological polar surface area (TPSA) is 63.2 Å². The van der Waals surface area contributed by atoms with Crippen molar-refractivity contribution in [2.75, 3.05) is 7.11 Å². The van der Waals surface area contributed by atoms with Crippen molar-refractivity contribution < 1.29 is 9.53 Å². The Kier molecular flexibility index (Phi) is 3.22. The van der Waals surface area contributed by atoms with Crippen molar-refractivity contribution >= 4 is 16.7 Å². The molecule has 4 rings (SSSR count). The molecule has 5 nitrogen and oxygen atoms in total. The van der Waals surface area contributed by atoms with Gasteiger partial charge in [0.15, 0.2) is 0 Å². The highest BCUT2D eigenvalue weighted by Gasteiger charge is 2.39. The Morgan fingerprint density at radius 1 is 1.41 bits per heavy atom. The summed E-state index contributed by atoms with van der Waals surface area (Å²) in [5.41, 5.74) is 0.444. The highest BCUT2D eigenvalue weighted by molar-refractivity contribution is 5.98. The van der Waals surface area contributed by atoms with E-state index in [-0.39, 0.29) is 11.9 Å². The Morgan fingerprint density at radius 2 is 2.32 bits per heavy atom. The van der Waals surface area contributed by atoms with E-state index in [9.17, 15) is 4.79 Å². The van der Waals surface area contributed by atoms with E-state index in [0.29, 0.717) is 17.8 Å². The normalized spacial score (nSPS) is 26.3. The SMILES string of the molecule is COc1cccc2cnc(C(=O)NC3CC4CCC3N4)cc12. The van der Waals surface area contributed by atoms with Crippen molar-refractivity contribution in [3.05, 3.63) is 36.2 Å². The second-order valence-electron chi connectivity index (χ2n) is 6.11. The number of benzene rings is 1. The van der Waals surface area contributed by atoms with Crippen LogP contribution in [0.5, 0.6) is 5.75 Å². The summed E-state index contributed by atoms with van der Waals surface area (Å²) in [5, 5.41) is 8.53. The van der Waals surface area contributed by atoms with Gasteiger partial charge in [0.2, 0.25) is 0 Å². The summed E-state index contributed by atoms with van der Waals surface area (Å²) in [6.45, 7) is 0. The lowest BCUT2D eigenvalue weighted by Gasteiger charge is -2.21. The van der Waals surface area contributed by atoms with Gasteiger partial charge < -0.3 is 15.4 Å². The molecule has 3 heterocycles. The third-order valence-corrected chi connectivity index (χ3v) is 4.79. The smallest absolute Gasteiger partial charge is 0.270 e. The number of aromatic nitrogens is 1. The molecular formula is C17H19N3O2. The fourth-order valence-electron chi connectivity index (χ4n) is 3.67. The van der Waals surface area contributed by atoms with Gasteiger partial charge in [-0.15, -0.1) is 0 Å². The fourth-order valence-corrected chi connectivity index (χ4v) is 3.67. The molecule has 0 radical (unpaired) electrons. The first-order valence-corrected chi connectivity index (χ1v) is 7.74. The minimum absolute atomic E-state index is 0.104. The van der Waals surface area contributed by atoms with Gasteiger partial charge in [-0.25, -0.2) is 0 Å². The van der Waals surface area contributed by atoms with E-state index in [1.54, 1.807) is 13.3 Å². The van der Waals surface area contributed by atoms with Gasteiger partial charge in [0, 0.05) is 35.1 Å². The van der Waals surface area contributed by atoms with Crippen LogP contribution in [0.15, 0.2) is 30.5 Å². The maximum atomic E-state index is 12.5. The van der Waals surface area contributed by atoms with E-state index in [0.717, 1.165) is 29.4 Å². The molecule has 2 fully saturated rings. The first-order valence-electron chi connectivity index (χ1n) is 7.74. The molecule has 114 valence electrons. The molecule has 1 aromatic carbocycles. The van der Waals surface area contributed by atoms with Crippen LogP contribution in [0.25, 0.3) is 10.8 Å². The summed E-state index contributed by atoms with van der Waals surface area (Å²) in [5.74, 6) is 0.655. The van der Waals surface area contributed by atoms with E-state index < -0.39 is 0 Å². The highest BCUT2D eigenvalue weighted by atomic mass is 16.5. The maximum absolute atomic E-state index is 12.5. The molecule has 1 amide bonds. The molecule has 3 atom stereocenters. The molecule has 0 aliphatic carbocycles. The van der Waals surface area contributed by atoms with Crippen LogP contribution >= 0.6 is 0 Å². The molecule has 2 aliphatic heterocycles. The summed E-state index contributed by atoms with van der Waals surface area (Å²) in [6.07, 6.45) is 5.12. The summed E-state index contributed by atoms with van der Waals surface area (Å²) in [7, 11) is 1.63. The Morgan fingerprint density at radius 3 is 3.05 bits per heavy atom. The number of methoxy groups -OCH3 is 1. The Balaban J connectivity index is 1.59. The minimum Gasteiger partial charge on any atom is -0.496 e. The van der Waals surface area contributed by atoms with Crippen molar-refractivity contribution in [2.24, 2.45) is 0 Å². The zero-order chi connectivity index (χ0) is 15.1. The highest BCUT2D eigenvalue weighted by Crippen LogP contribution is 2.29. The standard InChI is InChI=1S/C17H19N3O2/c1-22-16-4-2-3-10-9-18-15(8-12(10)16)17(21)20-14-7-11-5-6-13(14)19-11/h2-4,8-9,11,13-14,19H,5-7H2,1H3,(H,20,21). The van der Waals surface area contributed by atoms with Gasteiger partial charge in [-0.3, -0.25) is 9.78 Å². The lowest BCUT2D eigenvalue weighted by atomic mass is 9.95. The lowest BCUT2D eigenvalue weighted by Crippen LogP contribution is -2.43. The summed E-state index contributed by atoms with van der Waals surface area (Å²) in [4.78, 5) is 16.8. The van der Waals surface area contributed by atoms with Gasteiger partial charge in [-0.1, -0.05) is 12.1 Å². The van der Waals surface area contributed by atoms with Crippen LogP contribution in [0.4, 0.5) is 0 Å². The quantitative estimate of drug-likeness (QED) is 0.908. The van der Waals surface area contributed by atoms with Crippen LogP contribution in [0.1, 0.15) is 29.8 Å². The van der Waals surface area contributed by atoms with Crippen molar-refractivity contribution in [2.45, 2.75) is 37.4 Å². The van der Waals surface area contributed by atoms with Crippen molar-refractivity contribution in [1.82, 2.24) is 15.6 Å². The largest absolute Gasteiger partial charge is 0.496 e. The number of carbonyl (C=O) groups is 1. The predicted molar refractivity (Wildman–Crippen MR) is 84.1 cm³/mol. The first kappa shape index (κ1) is 13.5. The lowest BCUT2D eigenvalue weighted by molar-refractivity contribution is 0.0926. The van der Waals surface area contributed by atoms with Gasteiger partial charge in [0.05, 0.1) is 7.11 Å². The zero-order valence-corrected chi connectivity index (χ0v) is 12.5. The van der Waals surface area contributed by atoms with Crippen LogP contribution in [-0.4, -0.2) is 36.1 Å². The van der Waals surface area contributed by atoms with Crippen molar-refractivity contribution in [3.8, 4) is 5.75 Å². The number of nitrogens with one attached hydrogen (secondary N) is 2. The Bertz CT molecular complexity index is 731. The van der Waals surface area contributed by atoms with Crippen LogP contribution < -0.4 is 15.4 Å². The average Bonchev–Trinajstić information content (AvgIpc) is 3.16. The Labute approximate surface area is 129 Å². The molecule has 2 saturated heterocycles. The second kappa shape index (κ2) is 5.25. The Hall–Kier alpha value is -2.14. The van der Waals surface area contributed by atoms with Crippen LogP contribution in [0.2, 0.25) is 0 Å². The van der Waals surface area contributed by atoms with Gasteiger partial charge in [0.1, 0.15) is 11.4 Å². The van der Waals surface area contributed by atoms with E-state index in [1.165, 1.54) is 6.42 Å². The molecule has 0 saturated carbocycles. The molecule has 1 aromatic heterocycles. The number of amides is 1. The molecule has 3 unspecified atom stereocenters. The van der Waals surface area contributed by atoms with E-state index in [4.69, 9.17) is 4.74 Å². The van der Waals surface area contributed by atoms with Crippen LogP contribution in [0.3, 0.4) is 0 Å². The van der Waals surface area contributed by atoms with E-state index in [1.807, 2.05) is 24.3 Å². The van der Waals surface area contributed by atoms with Gasteiger partial charge in [-0.05, 0) is 31.4 Å². The number of hydrogen-bond acceptors (Lipinski definition) is 4. The number of fused-ring (bicyclic) bond motifs is 3. The summed E-state index contributed by atoms with van der Waals surface area (Å²) in [6, 6.07) is 8.80. The second-order valence-corrected chi connectivity index (χ2v) is 6.11. The molecule has 22 heavy (non-hydrogen) atoms. The molecular weight excluding hydrogens is 278 g/mol. The fraction of sp³-hybridized carbons (Fsp3) is 0.412. The van der Waals surface area contributed by atoms with Gasteiger partial charge >= 0.3 is 0 Å². The number of hydrogen-bond donors (Lipinski definition) is 2. The molecule has 0 spiro atoms. The van der Waals surface area contributed by atoms with Gasteiger partial charge in [0.25, 0.3) is 5.91 Å². The minimum atomic E-state index is -0.104. The van der Waals surface area contributed by atoms with E-state index in [2.05, 4.69) is 15.6 Å². The number of carbonyl (C=O) groups excluding carboxylic acids is 1.